The highest BCUT2D eigenvalue weighted by atomic mass is 16.1. The molecule has 1 saturated heterocycles. The van der Waals surface area contributed by atoms with E-state index in [0.717, 1.165) is 41.4 Å². The van der Waals surface area contributed by atoms with Crippen LogP contribution in [0.3, 0.4) is 0 Å². The van der Waals surface area contributed by atoms with Crippen LogP contribution in [0.25, 0.3) is 11.3 Å². The van der Waals surface area contributed by atoms with Crippen LogP contribution < -0.4 is 10.2 Å². The van der Waals surface area contributed by atoms with Gasteiger partial charge in [0, 0.05) is 29.9 Å². The van der Waals surface area contributed by atoms with Crippen molar-refractivity contribution in [3.8, 4) is 11.3 Å². The largest absolute Gasteiger partial charge is 0.355 e. The highest BCUT2D eigenvalue weighted by molar-refractivity contribution is 6.04. The van der Waals surface area contributed by atoms with Crippen molar-refractivity contribution in [1.82, 2.24) is 10.2 Å². The van der Waals surface area contributed by atoms with Crippen molar-refractivity contribution >= 4 is 17.4 Å². The molecular weight excluding hydrogens is 360 g/mol. The van der Waals surface area contributed by atoms with E-state index in [4.69, 9.17) is 0 Å². The summed E-state index contributed by atoms with van der Waals surface area (Å²) in [4.78, 5) is 14.8. The van der Waals surface area contributed by atoms with Crippen LogP contribution in [0.15, 0.2) is 60.7 Å². The molecule has 0 saturated carbocycles. The first-order valence-electron chi connectivity index (χ1n) is 10.3. The average Bonchev–Trinajstić information content (AvgIpc) is 3.04. The van der Waals surface area contributed by atoms with Gasteiger partial charge in [0.05, 0.1) is 5.69 Å². The molecule has 29 heavy (non-hydrogen) atoms. The standard InChI is InChI=1S/C24H26N4O/c1-18-8-6-10-20(16-18)24(29)25-21-11-7-9-19(17-21)22-12-13-23(27-26-22)28-14-4-2-3-5-15-28/h6-13,16-17H,2-5,14-15H2,1H3,(H,25,29). The van der Waals surface area contributed by atoms with E-state index < -0.39 is 0 Å². The lowest BCUT2D eigenvalue weighted by molar-refractivity contribution is 0.102. The summed E-state index contributed by atoms with van der Waals surface area (Å²) in [5.41, 5.74) is 4.19. The molecule has 1 aliphatic rings. The van der Waals surface area contributed by atoms with Crippen molar-refractivity contribution in [1.29, 1.82) is 0 Å². The Morgan fingerprint density at radius 1 is 0.897 bits per heavy atom. The molecular formula is C24H26N4O. The molecule has 2 aromatic carbocycles. The molecule has 5 heteroatoms. The third-order valence-electron chi connectivity index (χ3n) is 5.28. The first-order chi connectivity index (χ1) is 14.2. The third kappa shape index (κ3) is 4.80. The van der Waals surface area contributed by atoms with E-state index in [0.29, 0.717) is 5.56 Å². The first-order valence-corrected chi connectivity index (χ1v) is 10.3. The van der Waals surface area contributed by atoms with Gasteiger partial charge in [-0.3, -0.25) is 4.79 Å². The Morgan fingerprint density at radius 3 is 2.41 bits per heavy atom. The molecule has 1 N–H and O–H groups in total. The van der Waals surface area contributed by atoms with Gasteiger partial charge in [0.15, 0.2) is 5.82 Å². The Balaban J connectivity index is 1.48. The van der Waals surface area contributed by atoms with Crippen molar-refractivity contribution in [3.63, 3.8) is 0 Å². The number of benzene rings is 2. The Morgan fingerprint density at radius 2 is 1.69 bits per heavy atom. The van der Waals surface area contributed by atoms with E-state index in [1.807, 2.05) is 67.6 Å². The fraction of sp³-hybridized carbons (Fsp3) is 0.292. The molecule has 1 amide bonds. The summed E-state index contributed by atoms with van der Waals surface area (Å²) in [5.74, 6) is 0.827. The summed E-state index contributed by atoms with van der Waals surface area (Å²) < 4.78 is 0. The Kier molecular flexibility index (Phi) is 5.84. The zero-order valence-electron chi connectivity index (χ0n) is 16.8. The highest BCUT2D eigenvalue weighted by Crippen LogP contribution is 2.23. The predicted octanol–water partition coefficient (Wildman–Crippen LogP) is 5.08. The second-order valence-electron chi connectivity index (χ2n) is 7.58. The van der Waals surface area contributed by atoms with Crippen LogP contribution in [0.5, 0.6) is 0 Å². The molecule has 1 aliphatic heterocycles. The van der Waals surface area contributed by atoms with Crippen molar-refractivity contribution in [2.45, 2.75) is 32.6 Å². The normalized spacial score (nSPS) is 14.3. The lowest BCUT2D eigenvalue weighted by Gasteiger charge is -2.20. The van der Waals surface area contributed by atoms with E-state index in [9.17, 15) is 4.79 Å². The number of nitrogens with zero attached hydrogens (tertiary/aromatic N) is 3. The summed E-state index contributed by atoms with van der Waals surface area (Å²) in [5, 5.41) is 11.9. The number of amides is 1. The van der Waals surface area contributed by atoms with Crippen LogP contribution in [0.2, 0.25) is 0 Å². The Hall–Kier alpha value is -3.21. The average molecular weight is 386 g/mol. The van der Waals surface area contributed by atoms with Gasteiger partial charge in [-0.05, 0) is 56.2 Å². The van der Waals surface area contributed by atoms with Gasteiger partial charge in [0.1, 0.15) is 0 Å². The SMILES string of the molecule is Cc1cccc(C(=O)Nc2cccc(-c3ccc(N4CCCCCC4)nn3)c2)c1. The van der Waals surface area contributed by atoms with Gasteiger partial charge < -0.3 is 10.2 Å². The van der Waals surface area contributed by atoms with E-state index in [-0.39, 0.29) is 5.91 Å². The highest BCUT2D eigenvalue weighted by Gasteiger charge is 2.12. The number of nitrogens with one attached hydrogen (secondary N) is 1. The zero-order valence-corrected chi connectivity index (χ0v) is 16.8. The maximum atomic E-state index is 12.5. The molecule has 2 heterocycles. The van der Waals surface area contributed by atoms with E-state index in [1.54, 1.807) is 0 Å². The molecule has 3 aromatic rings. The van der Waals surface area contributed by atoms with Crippen LogP contribution in [0.4, 0.5) is 11.5 Å². The fourth-order valence-corrected chi connectivity index (χ4v) is 3.69. The Labute approximate surface area is 171 Å². The van der Waals surface area contributed by atoms with Gasteiger partial charge in [0.25, 0.3) is 5.91 Å². The molecule has 0 radical (unpaired) electrons. The summed E-state index contributed by atoms with van der Waals surface area (Å²) >= 11 is 0. The van der Waals surface area contributed by atoms with Gasteiger partial charge in [0.2, 0.25) is 0 Å². The zero-order chi connectivity index (χ0) is 20.1. The molecule has 1 fully saturated rings. The van der Waals surface area contributed by atoms with Crippen molar-refractivity contribution in [2.24, 2.45) is 0 Å². The molecule has 4 rings (SSSR count). The predicted molar refractivity (Wildman–Crippen MR) is 117 cm³/mol. The number of hydrogen-bond donors (Lipinski definition) is 1. The summed E-state index contributed by atoms with van der Waals surface area (Å²) in [6, 6.07) is 19.3. The van der Waals surface area contributed by atoms with Crippen LogP contribution in [-0.2, 0) is 0 Å². The van der Waals surface area contributed by atoms with Gasteiger partial charge >= 0.3 is 0 Å². The first kappa shape index (κ1) is 19.1. The molecule has 0 atom stereocenters. The molecule has 0 aliphatic carbocycles. The second kappa shape index (κ2) is 8.86. The van der Waals surface area contributed by atoms with Crippen molar-refractivity contribution in [3.05, 3.63) is 71.8 Å². The van der Waals surface area contributed by atoms with Crippen molar-refractivity contribution in [2.75, 3.05) is 23.3 Å². The number of aromatic nitrogens is 2. The molecule has 0 bridgehead atoms. The molecule has 5 nitrogen and oxygen atoms in total. The van der Waals surface area contributed by atoms with Gasteiger partial charge in [-0.15, -0.1) is 10.2 Å². The minimum Gasteiger partial charge on any atom is -0.355 e. The van der Waals surface area contributed by atoms with Crippen LogP contribution >= 0.6 is 0 Å². The summed E-state index contributed by atoms with van der Waals surface area (Å²) in [6.45, 7) is 4.08. The monoisotopic (exact) mass is 386 g/mol. The Bertz CT molecular complexity index is 976. The van der Waals surface area contributed by atoms with Crippen LogP contribution in [0, 0.1) is 6.92 Å². The fourth-order valence-electron chi connectivity index (χ4n) is 3.69. The van der Waals surface area contributed by atoms with E-state index in [2.05, 4.69) is 20.4 Å². The summed E-state index contributed by atoms with van der Waals surface area (Å²) in [7, 11) is 0. The minimum atomic E-state index is -0.117. The smallest absolute Gasteiger partial charge is 0.255 e. The summed E-state index contributed by atoms with van der Waals surface area (Å²) in [6.07, 6.45) is 5.02. The maximum absolute atomic E-state index is 12.5. The van der Waals surface area contributed by atoms with Gasteiger partial charge in [-0.1, -0.05) is 42.7 Å². The lowest BCUT2D eigenvalue weighted by atomic mass is 10.1. The molecule has 1 aromatic heterocycles. The quantitative estimate of drug-likeness (QED) is 0.679. The van der Waals surface area contributed by atoms with E-state index in [1.165, 1.54) is 25.7 Å². The minimum absolute atomic E-state index is 0.117. The molecule has 0 spiro atoms. The van der Waals surface area contributed by atoms with Crippen LogP contribution in [-0.4, -0.2) is 29.2 Å². The van der Waals surface area contributed by atoms with E-state index >= 15 is 0 Å². The third-order valence-corrected chi connectivity index (χ3v) is 5.28. The van der Waals surface area contributed by atoms with Crippen molar-refractivity contribution < 1.29 is 4.79 Å². The number of hydrogen-bond acceptors (Lipinski definition) is 4. The van der Waals surface area contributed by atoms with Crippen LogP contribution in [0.1, 0.15) is 41.6 Å². The number of carbonyl (C=O) groups excluding carboxylic acids is 1. The number of carbonyl (C=O) groups is 1. The number of anilines is 2. The maximum Gasteiger partial charge on any atom is 0.255 e. The lowest BCUT2D eigenvalue weighted by Crippen LogP contribution is -2.25. The number of rotatable bonds is 4. The molecule has 148 valence electrons. The molecule has 0 unspecified atom stereocenters. The van der Waals surface area contributed by atoms with Gasteiger partial charge in [-0.25, -0.2) is 0 Å². The van der Waals surface area contributed by atoms with Gasteiger partial charge in [-0.2, -0.15) is 0 Å². The topological polar surface area (TPSA) is 58.1 Å². The second-order valence-corrected chi connectivity index (χ2v) is 7.58. The number of aryl methyl sites for hydroxylation is 1.